The number of ether oxygens (including phenoxy) is 1. The minimum Gasteiger partial charge on any atom is -0.453 e. The Balaban J connectivity index is 1.72. The summed E-state index contributed by atoms with van der Waals surface area (Å²) in [5.74, 6) is -0.208. The smallest absolute Gasteiger partial charge is 0.321 e. The molecule has 1 heterocycles. The fourth-order valence-electron chi connectivity index (χ4n) is 2.12. The molecule has 0 aliphatic rings. The second-order valence-corrected chi connectivity index (χ2v) is 5.33. The third-order valence-electron chi connectivity index (χ3n) is 3.39. The molecule has 3 rings (SSSR count). The molecule has 0 aliphatic heterocycles. The number of hydrogen-bond acceptors (Lipinski definition) is 4. The minimum absolute atomic E-state index is 0.0534. The monoisotopic (exact) mass is 342 g/mol. The van der Waals surface area contributed by atoms with E-state index in [-0.39, 0.29) is 23.8 Å². The van der Waals surface area contributed by atoms with Crippen LogP contribution in [0.3, 0.4) is 0 Å². The average Bonchev–Trinajstić information content (AvgIpc) is 3.01. The zero-order valence-electron chi connectivity index (χ0n) is 13.0. The molecule has 7 heteroatoms. The van der Waals surface area contributed by atoms with Crippen molar-refractivity contribution in [2.45, 2.75) is 0 Å². The van der Waals surface area contributed by atoms with Crippen LogP contribution in [0, 0.1) is 0 Å². The van der Waals surface area contributed by atoms with Crippen molar-refractivity contribution in [3.63, 3.8) is 0 Å². The van der Waals surface area contributed by atoms with Crippen molar-refractivity contribution >= 4 is 23.2 Å². The number of nitrogens with zero attached hydrogens (tertiary/aromatic N) is 4. The number of rotatable bonds is 5. The van der Waals surface area contributed by atoms with Gasteiger partial charge in [-0.1, -0.05) is 36.4 Å². The Morgan fingerprint density at radius 1 is 1.12 bits per heavy atom. The first kappa shape index (κ1) is 16.0. The van der Waals surface area contributed by atoms with E-state index >= 15 is 0 Å². The highest BCUT2D eigenvalue weighted by molar-refractivity contribution is 6.28. The fourth-order valence-corrected chi connectivity index (χ4v) is 2.27. The standard InChI is InChI=1S/C17H15ClN4O2/c1-21(13-8-4-2-5-9-13)15(23)12-24-17-19-16(18)20-22(17)14-10-6-3-7-11-14/h2-11H,12H2,1H3. The number of benzene rings is 2. The second kappa shape index (κ2) is 7.14. The molecule has 0 bridgehead atoms. The van der Waals surface area contributed by atoms with E-state index < -0.39 is 0 Å². The number of likely N-dealkylation sites (N-methyl/N-ethyl adjacent to an activating group) is 1. The number of carbonyl (C=O) groups is 1. The molecule has 0 spiro atoms. The van der Waals surface area contributed by atoms with E-state index in [2.05, 4.69) is 10.1 Å². The van der Waals surface area contributed by atoms with Crippen LogP contribution >= 0.6 is 11.6 Å². The van der Waals surface area contributed by atoms with Crippen LogP contribution in [0.5, 0.6) is 6.01 Å². The van der Waals surface area contributed by atoms with Crippen LogP contribution in [0.25, 0.3) is 5.69 Å². The molecule has 0 atom stereocenters. The van der Waals surface area contributed by atoms with Crippen LogP contribution in [0.15, 0.2) is 60.7 Å². The molecule has 0 radical (unpaired) electrons. The molecule has 1 aromatic heterocycles. The molecule has 0 saturated carbocycles. The summed E-state index contributed by atoms with van der Waals surface area (Å²) in [6.07, 6.45) is 0. The summed E-state index contributed by atoms with van der Waals surface area (Å²) in [5.41, 5.74) is 1.53. The highest BCUT2D eigenvalue weighted by atomic mass is 35.5. The molecule has 122 valence electrons. The van der Waals surface area contributed by atoms with Crippen molar-refractivity contribution in [1.82, 2.24) is 14.8 Å². The predicted octanol–water partition coefficient (Wildman–Crippen LogP) is 2.96. The second-order valence-electron chi connectivity index (χ2n) is 4.99. The molecule has 1 amide bonds. The summed E-state index contributed by atoms with van der Waals surface area (Å²) in [6.45, 7) is -0.173. The Bertz CT molecular complexity index is 821. The molecule has 0 saturated heterocycles. The molecule has 0 aliphatic carbocycles. The maximum absolute atomic E-state index is 12.3. The molecule has 24 heavy (non-hydrogen) atoms. The zero-order chi connectivity index (χ0) is 16.9. The fraction of sp³-hybridized carbons (Fsp3) is 0.118. The molecule has 0 unspecified atom stereocenters. The highest BCUT2D eigenvalue weighted by Gasteiger charge is 2.16. The highest BCUT2D eigenvalue weighted by Crippen LogP contribution is 2.18. The van der Waals surface area contributed by atoms with Gasteiger partial charge in [0.2, 0.25) is 5.28 Å². The van der Waals surface area contributed by atoms with E-state index in [4.69, 9.17) is 16.3 Å². The van der Waals surface area contributed by atoms with Gasteiger partial charge in [0.25, 0.3) is 5.91 Å². The van der Waals surface area contributed by atoms with E-state index in [0.717, 1.165) is 11.4 Å². The molecule has 0 fully saturated rings. The van der Waals surface area contributed by atoms with Crippen molar-refractivity contribution in [2.24, 2.45) is 0 Å². The first-order valence-electron chi connectivity index (χ1n) is 7.27. The van der Waals surface area contributed by atoms with Crippen molar-refractivity contribution in [2.75, 3.05) is 18.6 Å². The average molecular weight is 343 g/mol. The SMILES string of the molecule is CN(C(=O)COc1nc(Cl)nn1-c1ccccc1)c1ccccc1. The summed E-state index contributed by atoms with van der Waals surface area (Å²) >= 11 is 5.87. The van der Waals surface area contributed by atoms with Crippen LogP contribution in [0.4, 0.5) is 5.69 Å². The Labute approximate surface area is 144 Å². The topological polar surface area (TPSA) is 60.3 Å². The molecule has 3 aromatic rings. The van der Waals surface area contributed by atoms with Gasteiger partial charge in [-0.2, -0.15) is 9.67 Å². The van der Waals surface area contributed by atoms with E-state index in [1.54, 1.807) is 7.05 Å². The number of anilines is 1. The molecule has 0 N–H and O–H groups in total. The number of amides is 1. The Kier molecular flexibility index (Phi) is 4.77. The largest absolute Gasteiger partial charge is 0.453 e. The van der Waals surface area contributed by atoms with Gasteiger partial charge >= 0.3 is 6.01 Å². The first-order chi connectivity index (χ1) is 11.6. The number of carbonyl (C=O) groups excluding carboxylic acids is 1. The maximum Gasteiger partial charge on any atom is 0.321 e. The van der Waals surface area contributed by atoms with Gasteiger partial charge in [-0.3, -0.25) is 4.79 Å². The number of para-hydroxylation sites is 2. The predicted molar refractivity (Wildman–Crippen MR) is 91.7 cm³/mol. The van der Waals surface area contributed by atoms with E-state index in [0.29, 0.717) is 0 Å². The van der Waals surface area contributed by atoms with Gasteiger partial charge in [0.05, 0.1) is 5.69 Å². The number of aromatic nitrogens is 3. The summed E-state index contributed by atoms with van der Waals surface area (Å²) in [7, 11) is 1.69. The Morgan fingerprint density at radius 3 is 2.42 bits per heavy atom. The third-order valence-corrected chi connectivity index (χ3v) is 3.55. The zero-order valence-corrected chi connectivity index (χ0v) is 13.7. The van der Waals surface area contributed by atoms with Gasteiger partial charge in [0.15, 0.2) is 6.61 Å². The molecule has 2 aromatic carbocycles. The van der Waals surface area contributed by atoms with Crippen LogP contribution in [0.1, 0.15) is 0 Å². The van der Waals surface area contributed by atoms with Crippen LogP contribution in [0.2, 0.25) is 5.28 Å². The van der Waals surface area contributed by atoms with Crippen LogP contribution < -0.4 is 9.64 Å². The summed E-state index contributed by atoms with van der Waals surface area (Å²) in [5, 5.41) is 4.14. The van der Waals surface area contributed by atoms with Crippen molar-refractivity contribution < 1.29 is 9.53 Å². The van der Waals surface area contributed by atoms with E-state index in [1.807, 2.05) is 60.7 Å². The van der Waals surface area contributed by atoms with Gasteiger partial charge < -0.3 is 9.64 Å². The lowest BCUT2D eigenvalue weighted by atomic mass is 10.3. The lowest BCUT2D eigenvalue weighted by Gasteiger charge is -2.17. The lowest BCUT2D eigenvalue weighted by molar-refractivity contribution is -0.120. The molecule has 6 nitrogen and oxygen atoms in total. The van der Waals surface area contributed by atoms with E-state index in [9.17, 15) is 4.79 Å². The summed E-state index contributed by atoms with van der Waals surface area (Å²) in [6, 6.07) is 18.8. The summed E-state index contributed by atoms with van der Waals surface area (Å²) < 4.78 is 6.99. The maximum atomic E-state index is 12.3. The molecular weight excluding hydrogens is 328 g/mol. The van der Waals surface area contributed by atoms with Crippen LogP contribution in [-0.2, 0) is 4.79 Å². The van der Waals surface area contributed by atoms with Gasteiger partial charge in [-0.15, -0.1) is 5.10 Å². The third kappa shape index (κ3) is 3.55. The number of halogens is 1. The van der Waals surface area contributed by atoms with Crippen molar-refractivity contribution in [3.8, 4) is 11.7 Å². The van der Waals surface area contributed by atoms with Crippen LogP contribution in [-0.4, -0.2) is 34.3 Å². The van der Waals surface area contributed by atoms with Crippen molar-refractivity contribution in [3.05, 3.63) is 65.9 Å². The first-order valence-corrected chi connectivity index (χ1v) is 7.65. The number of hydrogen-bond donors (Lipinski definition) is 0. The van der Waals surface area contributed by atoms with E-state index in [1.165, 1.54) is 9.58 Å². The van der Waals surface area contributed by atoms with Gasteiger partial charge in [0.1, 0.15) is 0 Å². The van der Waals surface area contributed by atoms with Gasteiger partial charge in [0, 0.05) is 12.7 Å². The minimum atomic E-state index is -0.208. The Morgan fingerprint density at radius 2 is 1.75 bits per heavy atom. The van der Waals surface area contributed by atoms with Gasteiger partial charge in [-0.05, 0) is 35.9 Å². The van der Waals surface area contributed by atoms with Crippen molar-refractivity contribution in [1.29, 1.82) is 0 Å². The quantitative estimate of drug-likeness (QED) is 0.715. The summed E-state index contributed by atoms with van der Waals surface area (Å²) in [4.78, 5) is 17.8. The van der Waals surface area contributed by atoms with Gasteiger partial charge in [-0.25, -0.2) is 0 Å². The Hall–Kier alpha value is -2.86. The molecular formula is C17H15ClN4O2. The normalized spacial score (nSPS) is 10.4. The lowest BCUT2D eigenvalue weighted by Crippen LogP contribution is -2.31.